The van der Waals surface area contributed by atoms with Gasteiger partial charge in [0.1, 0.15) is 6.67 Å². The van der Waals surface area contributed by atoms with E-state index in [9.17, 15) is 9.13 Å². The first-order valence-electron chi connectivity index (χ1n) is 4.11. The Morgan fingerprint density at radius 1 is 1.31 bits per heavy atom. The molecule has 0 aliphatic carbocycles. The number of rotatable bonds is 4. The minimum absolute atomic E-state index is 0.401. The zero-order valence-corrected chi connectivity index (χ0v) is 10.0. The molecule has 1 aliphatic heterocycles. The van der Waals surface area contributed by atoms with Gasteiger partial charge < -0.3 is 19.8 Å². The van der Waals surface area contributed by atoms with E-state index in [0.717, 1.165) is 24.4 Å². The number of hydrogen-bond acceptors (Lipinski definition) is 5. The second-order valence-corrected chi connectivity index (χ2v) is 6.67. The highest BCUT2D eigenvalue weighted by molar-refractivity contribution is 7.53. The summed E-state index contributed by atoms with van der Waals surface area (Å²) in [5.74, 6) is -1.59. The third-order valence-electron chi connectivity index (χ3n) is 1.72. The van der Waals surface area contributed by atoms with Crippen LogP contribution in [0.3, 0.4) is 0 Å². The quantitative estimate of drug-likeness (QED) is 0.504. The minimum Gasteiger partial charge on any atom is -0.381 e. The Morgan fingerprint density at radius 2 is 1.88 bits per heavy atom. The summed E-state index contributed by atoms with van der Waals surface area (Å²) in [6.45, 7) is 0.670. The molecule has 94 valence electrons. The SMILES string of the molecule is CC(O)P(=O)(O)ON1C=CN(P(=O)(O)O)C1. The zero-order valence-electron chi connectivity index (χ0n) is 8.24. The third kappa shape index (κ3) is 3.29. The normalized spacial score (nSPS) is 22.3. The fourth-order valence-electron chi connectivity index (χ4n) is 0.829. The predicted octanol–water partition coefficient (Wildman–Crippen LogP) is -0.419. The van der Waals surface area contributed by atoms with Gasteiger partial charge in [0.05, 0.1) is 0 Å². The molecule has 0 saturated carbocycles. The van der Waals surface area contributed by atoms with E-state index in [0.29, 0.717) is 4.67 Å². The highest BCUT2D eigenvalue weighted by Crippen LogP contribution is 2.49. The molecular formula is C5H12N2O7P2. The largest absolute Gasteiger partial charge is 0.431 e. The highest BCUT2D eigenvalue weighted by atomic mass is 31.2. The lowest BCUT2D eigenvalue weighted by molar-refractivity contribution is -0.0342. The Hall–Kier alpha value is -0.400. The smallest absolute Gasteiger partial charge is 0.381 e. The van der Waals surface area contributed by atoms with Crippen LogP contribution >= 0.6 is 15.3 Å². The van der Waals surface area contributed by atoms with Crippen molar-refractivity contribution in [1.82, 2.24) is 9.73 Å². The van der Waals surface area contributed by atoms with E-state index in [1.807, 2.05) is 0 Å². The van der Waals surface area contributed by atoms with Crippen molar-refractivity contribution in [3.63, 3.8) is 0 Å². The van der Waals surface area contributed by atoms with Crippen molar-refractivity contribution >= 4 is 15.3 Å². The van der Waals surface area contributed by atoms with Gasteiger partial charge in [0, 0.05) is 12.4 Å². The molecule has 16 heavy (non-hydrogen) atoms. The van der Waals surface area contributed by atoms with Crippen molar-refractivity contribution in [2.24, 2.45) is 0 Å². The molecule has 1 heterocycles. The van der Waals surface area contributed by atoms with Gasteiger partial charge in [-0.15, -0.1) is 0 Å². The lowest BCUT2D eigenvalue weighted by Crippen LogP contribution is -2.24. The van der Waals surface area contributed by atoms with Crippen LogP contribution in [-0.2, 0) is 13.8 Å². The Morgan fingerprint density at radius 3 is 2.25 bits per heavy atom. The summed E-state index contributed by atoms with van der Waals surface area (Å²) in [6.07, 6.45) is 2.09. The monoisotopic (exact) mass is 274 g/mol. The number of hydrogen-bond donors (Lipinski definition) is 4. The molecule has 0 saturated heterocycles. The first-order chi connectivity index (χ1) is 7.13. The van der Waals surface area contributed by atoms with E-state index in [1.54, 1.807) is 0 Å². The molecule has 1 rings (SSSR count). The summed E-state index contributed by atoms with van der Waals surface area (Å²) in [5, 5.41) is 9.67. The van der Waals surface area contributed by atoms with Crippen molar-refractivity contribution in [1.29, 1.82) is 0 Å². The van der Waals surface area contributed by atoms with Gasteiger partial charge in [-0.2, -0.15) is 4.62 Å². The topological polar surface area (TPSA) is 131 Å². The van der Waals surface area contributed by atoms with Crippen LogP contribution in [-0.4, -0.2) is 42.0 Å². The zero-order chi connectivity index (χ0) is 12.6. The second kappa shape index (κ2) is 4.46. The molecule has 0 fully saturated rings. The van der Waals surface area contributed by atoms with Gasteiger partial charge >= 0.3 is 15.3 Å². The first-order valence-corrected chi connectivity index (χ1v) is 7.32. The molecule has 9 nitrogen and oxygen atoms in total. The maximum absolute atomic E-state index is 11.2. The summed E-state index contributed by atoms with van der Waals surface area (Å²) < 4.78 is 27.1. The summed E-state index contributed by atoms with van der Waals surface area (Å²) in [6, 6.07) is 0. The summed E-state index contributed by atoms with van der Waals surface area (Å²) in [5.41, 5.74) is 0. The molecule has 0 aromatic rings. The Labute approximate surface area is 91.2 Å². The van der Waals surface area contributed by atoms with E-state index in [2.05, 4.69) is 4.62 Å². The Balaban J connectivity index is 2.61. The maximum Gasteiger partial charge on any atom is 0.431 e. The van der Waals surface area contributed by atoms with Crippen LogP contribution in [0.2, 0.25) is 0 Å². The van der Waals surface area contributed by atoms with Gasteiger partial charge in [-0.1, -0.05) is 0 Å². The standard InChI is InChI=1S/C5H12N2O7P2/c1-5(8)15(9,10)14-6-2-3-7(4-6)16(11,12)13/h2-3,5,8H,4H2,1H3,(H,9,10)(H2,11,12,13). The molecule has 0 amide bonds. The van der Waals surface area contributed by atoms with Crippen molar-refractivity contribution in [2.45, 2.75) is 12.8 Å². The van der Waals surface area contributed by atoms with E-state index in [-0.39, 0.29) is 0 Å². The maximum atomic E-state index is 11.2. The van der Waals surface area contributed by atoms with E-state index in [1.165, 1.54) is 0 Å². The molecule has 11 heteroatoms. The van der Waals surface area contributed by atoms with Crippen LogP contribution in [0.25, 0.3) is 0 Å². The van der Waals surface area contributed by atoms with Crippen LogP contribution in [0, 0.1) is 0 Å². The molecule has 0 radical (unpaired) electrons. The van der Waals surface area contributed by atoms with Gasteiger partial charge in [-0.25, -0.2) is 9.63 Å². The Bertz CT molecular complexity index is 377. The molecule has 0 aromatic heterocycles. The molecule has 0 aromatic carbocycles. The summed E-state index contributed by atoms with van der Waals surface area (Å²) in [4.78, 5) is 26.7. The van der Waals surface area contributed by atoms with Crippen LogP contribution in [0.1, 0.15) is 6.92 Å². The predicted molar refractivity (Wildman–Crippen MR) is 52.3 cm³/mol. The van der Waals surface area contributed by atoms with Gasteiger partial charge in [-0.05, 0) is 6.92 Å². The summed E-state index contributed by atoms with van der Waals surface area (Å²) >= 11 is 0. The lowest BCUT2D eigenvalue weighted by Gasteiger charge is -2.23. The van der Waals surface area contributed by atoms with E-state index < -0.39 is 27.9 Å². The lowest BCUT2D eigenvalue weighted by atomic mass is 10.9. The molecule has 1 aliphatic rings. The van der Waals surface area contributed by atoms with Crippen molar-refractivity contribution in [3.8, 4) is 0 Å². The minimum atomic E-state index is -4.45. The van der Waals surface area contributed by atoms with Crippen LogP contribution in [0.15, 0.2) is 12.4 Å². The fourth-order valence-corrected chi connectivity index (χ4v) is 1.89. The fraction of sp³-hybridized carbons (Fsp3) is 0.600. The van der Waals surface area contributed by atoms with Crippen molar-refractivity contribution in [2.75, 3.05) is 6.67 Å². The number of hydroxylamine groups is 2. The van der Waals surface area contributed by atoms with Crippen molar-refractivity contribution in [3.05, 3.63) is 12.4 Å². The van der Waals surface area contributed by atoms with E-state index >= 15 is 0 Å². The third-order valence-corrected chi connectivity index (χ3v) is 4.04. The van der Waals surface area contributed by atoms with Gasteiger partial charge in [0.2, 0.25) is 0 Å². The number of aliphatic hydroxyl groups excluding tert-OH is 1. The van der Waals surface area contributed by atoms with Crippen LogP contribution in [0.4, 0.5) is 0 Å². The van der Waals surface area contributed by atoms with Gasteiger partial charge in [0.15, 0.2) is 5.85 Å². The molecule has 2 unspecified atom stereocenters. The summed E-state index contributed by atoms with van der Waals surface area (Å²) in [7, 11) is -8.69. The molecule has 4 N–H and O–H groups in total. The van der Waals surface area contributed by atoms with Gasteiger partial charge in [0.25, 0.3) is 0 Å². The molecule has 0 bridgehead atoms. The average Bonchev–Trinajstić information content (AvgIpc) is 2.50. The second-order valence-electron chi connectivity index (χ2n) is 3.09. The van der Waals surface area contributed by atoms with Crippen molar-refractivity contribution < 1.29 is 33.5 Å². The first kappa shape index (κ1) is 13.7. The molecular weight excluding hydrogens is 262 g/mol. The Kier molecular flexibility index (Phi) is 3.81. The molecule has 2 atom stereocenters. The van der Waals surface area contributed by atoms with Crippen LogP contribution < -0.4 is 0 Å². The van der Waals surface area contributed by atoms with E-state index in [4.69, 9.17) is 19.8 Å². The molecule has 0 spiro atoms. The number of nitrogens with zero attached hydrogens (tertiary/aromatic N) is 2. The highest BCUT2D eigenvalue weighted by Gasteiger charge is 2.34. The van der Waals surface area contributed by atoms with Gasteiger partial charge in [-0.3, -0.25) is 9.24 Å². The number of aliphatic hydroxyl groups is 1. The average molecular weight is 274 g/mol. The van der Waals surface area contributed by atoms with Crippen LogP contribution in [0.5, 0.6) is 0 Å².